The molecule has 1 amide bonds. The summed E-state index contributed by atoms with van der Waals surface area (Å²) in [4.78, 5) is 18.6. The van der Waals surface area contributed by atoms with E-state index in [1.165, 1.54) is 0 Å². The van der Waals surface area contributed by atoms with Gasteiger partial charge in [0.15, 0.2) is 0 Å². The molecule has 132 valence electrons. The van der Waals surface area contributed by atoms with Crippen molar-refractivity contribution in [3.8, 4) is 5.88 Å². The molecule has 1 aromatic heterocycles. The zero-order valence-corrected chi connectivity index (χ0v) is 14.7. The van der Waals surface area contributed by atoms with E-state index in [4.69, 9.17) is 9.47 Å². The lowest BCUT2D eigenvalue weighted by Gasteiger charge is -2.24. The highest BCUT2D eigenvalue weighted by Gasteiger charge is 2.31. The number of carbonyl (C=O) groups is 1. The van der Waals surface area contributed by atoms with Crippen LogP contribution in [-0.4, -0.2) is 28.6 Å². The van der Waals surface area contributed by atoms with Gasteiger partial charge in [-0.25, -0.2) is 9.78 Å². The van der Waals surface area contributed by atoms with Crippen LogP contribution < -0.4 is 4.74 Å². The van der Waals surface area contributed by atoms with Crippen molar-refractivity contribution >= 4 is 6.09 Å². The summed E-state index contributed by atoms with van der Waals surface area (Å²) >= 11 is 0. The third-order valence-corrected chi connectivity index (χ3v) is 4.19. The lowest BCUT2D eigenvalue weighted by molar-refractivity contribution is 0.0920. The minimum atomic E-state index is -0.270. The van der Waals surface area contributed by atoms with E-state index in [2.05, 4.69) is 4.98 Å². The Kier molecular flexibility index (Phi) is 5.53. The van der Waals surface area contributed by atoms with E-state index < -0.39 is 0 Å². The van der Waals surface area contributed by atoms with Crippen molar-refractivity contribution in [1.29, 1.82) is 0 Å². The molecule has 1 saturated heterocycles. The first kappa shape index (κ1) is 17.3. The molecule has 0 spiro atoms. The van der Waals surface area contributed by atoms with Crippen molar-refractivity contribution in [3.05, 3.63) is 59.8 Å². The first-order valence-electron chi connectivity index (χ1n) is 8.73. The summed E-state index contributed by atoms with van der Waals surface area (Å²) in [6, 6.07) is 13.6. The van der Waals surface area contributed by atoms with Gasteiger partial charge in [-0.3, -0.25) is 0 Å². The van der Waals surface area contributed by atoms with Crippen molar-refractivity contribution in [2.24, 2.45) is 0 Å². The van der Waals surface area contributed by atoms with Crippen LogP contribution in [0.1, 0.15) is 43.9 Å². The Labute approximate surface area is 148 Å². The van der Waals surface area contributed by atoms with Gasteiger partial charge in [-0.15, -0.1) is 0 Å². The molecule has 3 rings (SSSR count). The number of hydrogen-bond donors (Lipinski definition) is 0. The van der Waals surface area contributed by atoms with E-state index in [0.29, 0.717) is 19.0 Å². The van der Waals surface area contributed by atoms with Gasteiger partial charge in [0.05, 0.1) is 12.1 Å². The molecule has 0 bridgehead atoms. The Morgan fingerprint density at radius 3 is 2.72 bits per heavy atom. The molecule has 1 fully saturated rings. The number of aromatic nitrogens is 1. The maximum absolute atomic E-state index is 12.5. The average molecular weight is 340 g/mol. The average Bonchev–Trinajstić information content (AvgIpc) is 3.10. The van der Waals surface area contributed by atoms with E-state index in [-0.39, 0.29) is 18.2 Å². The highest BCUT2D eigenvalue weighted by Crippen LogP contribution is 2.32. The highest BCUT2D eigenvalue weighted by atomic mass is 16.6. The second kappa shape index (κ2) is 8.01. The number of hydrogen-bond acceptors (Lipinski definition) is 4. The molecule has 2 aromatic rings. The molecule has 25 heavy (non-hydrogen) atoms. The summed E-state index contributed by atoms with van der Waals surface area (Å²) in [5.41, 5.74) is 2.01. The molecule has 5 nitrogen and oxygen atoms in total. The molecule has 1 aliphatic rings. The third-order valence-electron chi connectivity index (χ3n) is 4.19. The van der Waals surface area contributed by atoms with Crippen molar-refractivity contribution < 1.29 is 14.3 Å². The Morgan fingerprint density at radius 1 is 1.24 bits per heavy atom. The van der Waals surface area contributed by atoms with E-state index in [1.807, 2.05) is 56.3 Å². The third kappa shape index (κ3) is 4.50. The fourth-order valence-electron chi connectivity index (χ4n) is 3.03. The van der Waals surface area contributed by atoms with Gasteiger partial charge in [-0.05, 0) is 37.8 Å². The molecular formula is C20H24N2O3. The van der Waals surface area contributed by atoms with Crippen molar-refractivity contribution in [2.75, 3.05) is 6.54 Å². The zero-order valence-electron chi connectivity index (χ0n) is 14.7. The van der Waals surface area contributed by atoms with Gasteiger partial charge in [0.2, 0.25) is 5.88 Å². The number of benzene rings is 1. The number of rotatable bonds is 5. The van der Waals surface area contributed by atoms with Crippen LogP contribution in [0.3, 0.4) is 0 Å². The lowest BCUT2D eigenvalue weighted by Crippen LogP contribution is -2.31. The molecule has 0 aliphatic carbocycles. The van der Waals surface area contributed by atoms with Gasteiger partial charge < -0.3 is 14.4 Å². The molecule has 5 heteroatoms. The molecule has 1 atom stereocenters. The fraction of sp³-hybridized carbons (Fsp3) is 0.400. The van der Waals surface area contributed by atoms with Crippen LogP contribution in [0.15, 0.2) is 48.7 Å². The number of nitrogens with zero attached hydrogens (tertiary/aromatic N) is 2. The largest absolute Gasteiger partial charge is 0.475 e. The second-order valence-electron chi connectivity index (χ2n) is 6.49. The van der Waals surface area contributed by atoms with Crippen LogP contribution in [0.4, 0.5) is 4.79 Å². The van der Waals surface area contributed by atoms with Crippen LogP contribution in [0, 0.1) is 0 Å². The summed E-state index contributed by atoms with van der Waals surface area (Å²) in [5.74, 6) is 0.606. The number of carbonyl (C=O) groups excluding carboxylic acids is 1. The SMILES string of the molecule is CC(C)Oc1ccc([C@@H]2CCCN2C(=O)OCc2ccccc2)cn1. The van der Waals surface area contributed by atoms with Gasteiger partial charge >= 0.3 is 6.09 Å². The fourth-order valence-corrected chi connectivity index (χ4v) is 3.03. The van der Waals surface area contributed by atoms with Crippen LogP contribution in [0.2, 0.25) is 0 Å². The monoisotopic (exact) mass is 340 g/mol. The minimum absolute atomic E-state index is 0.0175. The van der Waals surface area contributed by atoms with Crippen LogP contribution >= 0.6 is 0 Å². The summed E-state index contributed by atoms with van der Waals surface area (Å²) in [7, 11) is 0. The predicted octanol–water partition coefficient (Wildman–Crippen LogP) is 4.34. The Hall–Kier alpha value is -2.56. The highest BCUT2D eigenvalue weighted by molar-refractivity contribution is 5.68. The second-order valence-corrected chi connectivity index (χ2v) is 6.49. The maximum Gasteiger partial charge on any atom is 0.410 e. The number of ether oxygens (including phenoxy) is 2. The van der Waals surface area contributed by atoms with E-state index >= 15 is 0 Å². The molecule has 0 N–H and O–H groups in total. The van der Waals surface area contributed by atoms with Crippen LogP contribution in [0.25, 0.3) is 0 Å². The predicted molar refractivity (Wildman–Crippen MR) is 95.3 cm³/mol. The Morgan fingerprint density at radius 2 is 2.04 bits per heavy atom. The van der Waals surface area contributed by atoms with Gasteiger partial charge in [0.25, 0.3) is 0 Å². The van der Waals surface area contributed by atoms with Crippen LogP contribution in [0.5, 0.6) is 5.88 Å². The summed E-state index contributed by atoms with van der Waals surface area (Å²) in [6.07, 6.45) is 3.51. The zero-order chi connectivity index (χ0) is 17.6. The Bertz CT molecular complexity index is 686. The summed E-state index contributed by atoms with van der Waals surface area (Å²) in [5, 5.41) is 0. The smallest absolute Gasteiger partial charge is 0.410 e. The van der Waals surface area contributed by atoms with Crippen molar-refractivity contribution in [1.82, 2.24) is 9.88 Å². The standard InChI is InChI=1S/C20H24N2O3/c1-15(2)25-19-11-10-17(13-21-19)18-9-6-12-22(18)20(23)24-14-16-7-4-3-5-8-16/h3-5,7-8,10-11,13,15,18H,6,9,12,14H2,1-2H3/t18-/m0/s1. The molecule has 0 unspecified atom stereocenters. The molecule has 0 radical (unpaired) electrons. The topological polar surface area (TPSA) is 51.7 Å². The van der Waals surface area contributed by atoms with E-state index in [1.54, 1.807) is 11.1 Å². The quantitative estimate of drug-likeness (QED) is 0.812. The van der Waals surface area contributed by atoms with E-state index in [9.17, 15) is 4.79 Å². The van der Waals surface area contributed by atoms with Crippen molar-refractivity contribution in [3.63, 3.8) is 0 Å². The minimum Gasteiger partial charge on any atom is -0.475 e. The van der Waals surface area contributed by atoms with Gasteiger partial charge in [0, 0.05) is 18.8 Å². The molecule has 0 saturated carbocycles. The summed E-state index contributed by atoms with van der Waals surface area (Å²) < 4.78 is 11.1. The molecule has 1 aromatic carbocycles. The molecule has 1 aliphatic heterocycles. The van der Waals surface area contributed by atoms with E-state index in [0.717, 1.165) is 24.0 Å². The first-order chi connectivity index (χ1) is 12.1. The molecule has 2 heterocycles. The number of pyridine rings is 1. The first-order valence-corrected chi connectivity index (χ1v) is 8.73. The number of likely N-dealkylation sites (tertiary alicyclic amines) is 1. The lowest BCUT2D eigenvalue weighted by atomic mass is 10.1. The van der Waals surface area contributed by atoms with Crippen molar-refractivity contribution in [2.45, 2.75) is 45.4 Å². The summed E-state index contributed by atoms with van der Waals surface area (Å²) in [6.45, 7) is 4.94. The van der Waals surface area contributed by atoms with Gasteiger partial charge in [-0.1, -0.05) is 36.4 Å². The normalized spacial score (nSPS) is 16.9. The van der Waals surface area contributed by atoms with Gasteiger partial charge in [0.1, 0.15) is 6.61 Å². The van der Waals surface area contributed by atoms with Crippen LogP contribution in [-0.2, 0) is 11.3 Å². The van der Waals surface area contributed by atoms with Gasteiger partial charge in [-0.2, -0.15) is 0 Å². The molecular weight excluding hydrogens is 316 g/mol. The number of amides is 1. The Balaban J connectivity index is 1.62. The maximum atomic E-state index is 12.5.